The zero-order valence-corrected chi connectivity index (χ0v) is 14.0. The van der Waals surface area contributed by atoms with Gasteiger partial charge in [0.05, 0.1) is 13.0 Å². The zero-order chi connectivity index (χ0) is 18.6. The number of carbonyl (C=O) groups is 3. The third-order valence-corrected chi connectivity index (χ3v) is 4.44. The number of benzene rings is 1. The highest BCUT2D eigenvalue weighted by Gasteiger charge is 2.64. The minimum Gasteiger partial charge on any atom is -0.471 e. The molecule has 2 fully saturated rings. The maximum Gasteiger partial charge on any atom is 0.340 e. The maximum absolute atomic E-state index is 13.0. The number of aldehydes is 1. The molecule has 26 heavy (non-hydrogen) atoms. The third kappa shape index (κ3) is 3.01. The summed E-state index contributed by atoms with van der Waals surface area (Å²) in [5.74, 6) is -0.838. The Kier molecular flexibility index (Phi) is 5.18. The van der Waals surface area contributed by atoms with Crippen LogP contribution in [-0.2, 0) is 30.5 Å². The van der Waals surface area contributed by atoms with Crippen molar-refractivity contribution in [3.63, 3.8) is 0 Å². The number of esters is 1. The van der Waals surface area contributed by atoms with Gasteiger partial charge in [0.15, 0.2) is 6.23 Å². The summed E-state index contributed by atoms with van der Waals surface area (Å²) >= 11 is 0. The molecule has 7 heteroatoms. The molecule has 0 saturated carbocycles. The Hall–Kier alpha value is -2.93. The van der Waals surface area contributed by atoms with Crippen LogP contribution in [0.3, 0.4) is 0 Å². The van der Waals surface area contributed by atoms with Gasteiger partial charge >= 0.3 is 5.97 Å². The molecule has 2 aliphatic rings. The molecule has 3 rings (SSSR count). The summed E-state index contributed by atoms with van der Waals surface area (Å²) in [5.41, 5.74) is -0.727. The van der Waals surface area contributed by atoms with Crippen molar-refractivity contribution in [1.29, 1.82) is 0 Å². The number of hydrogen-bond donors (Lipinski definition) is 1. The van der Waals surface area contributed by atoms with Crippen LogP contribution in [0.25, 0.3) is 0 Å². The van der Waals surface area contributed by atoms with Crippen molar-refractivity contribution in [2.75, 3.05) is 6.61 Å². The molecule has 1 aromatic carbocycles. The molecule has 136 valence electrons. The summed E-state index contributed by atoms with van der Waals surface area (Å²) in [4.78, 5) is 37.5. The molecular weight excluding hydrogens is 338 g/mol. The first-order valence-electron chi connectivity index (χ1n) is 8.25. The molecule has 0 bridgehead atoms. The molecule has 0 aromatic heterocycles. The number of hydrogen-bond acceptors (Lipinski definition) is 6. The number of amides is 1. The predicted molar refractivity (Wildman–Crippen MR) is 90.3 cm³/mol. The normalized spacial score (nSPS) is 25.7. The number of nitrogens with zero attached hydrogens (tertiary/aromatic N) is 1. The van der Waals surface area contributed by atoms with E-state index in [4.69, 9.17) is 14.6 Å². The Morgan fingerprint density at radius 3 is 2.77 bits per heavy atom. The van der Waals surface area contributed by atoms with Gasteiger partial charge in [0, 0.05) is 12.5 Å². The molecule has 2 atom stereocenters. The molecule has 2 heterocycles. The van der Waals surface area contributed by atoms with E-state index in [-0.39, 0.29) is 37.7 Å². The fourth-order valence-corrected chi connectivity index (χ4v) is 3.19. The molecule has 2 aliphatic heterocycles. The van der Waals surface area contributed by atoms with Gasteiger partial charge in [0.1, 0.15) is 18.7 Å². The number of β-lactam (4-membered cyclic amide) rings is 1. The molecule has 0 radical (unpaired) electrons. The second-order valence-corrected chi connectivity index (χ2v) is 5.99. The van der Waals surface area contributed by atoms with Crippen molar-refractivity contribution in [3.05, 3.63) is 59.9 Å². The van der Waals surface area contributed by atoms with Crippen molar-refractivity contribution in [1.82, 2.24) is 4.90 Å². The van der Waals surface area contributed by atoms with Crippen LogP contribution in [0.1, 0.15) is 18.4 Å². The number of aliphatic hydroxyl groups is 1. The Bertz CT molecular complexity index is 757. The van der Waals surface area contributed by atoms with Crippen molar-refractivity contribution >= 4 is 18.2 Å². The minimum atomic E-state index is -1.53. The Morgan fingerprint density at radius 2 is 2.12 bits per heavy atom. The lowest BCUT2D eigenvalue weighted by molar-refractivity contribution is -0.174. The topological polar surface area (TPSA) is 93.1 Å². The van der Waals surface area contributed by atoms with E-state index in [1.54, 1.807) is 6.08 Å². The van der Waals surface area contributed by atoms with E-state index in [1.807, 2.05) is 30.3 Å². The molecule has 1 aromatic rings. The lowest BCUT2D eigenvalue weighted by atomic mass is 9.88. The van der Waals surface area contributed by atoms with Crippen LogP contribution in [0.15, 0.2) is 54.3 Å². The SMILES string of the molecule is O=C/C=C1/O[C@@H]2CC(=O)N2C1(C/C=C/CO)C(=O)OCc1ccccc1. The van der Waals surface area contributed by atoms with Crippen LogP contribution in [-0.4, -0.2) is 46.5 Å². The molecule has 0 aliphatic carbocycles. The summed E-state index contributed by atoms with van der Waals surface area (Å²) in [6.07, 6.45) is 4.29. The van der Waals surface area contributed by atoms with Crippen LogP contribution in [0.4, 0.5) is 0 Å². The molecule has 1 N–H and O–H groups in total. The fraction of sp³-hybridized carbons (Fsp3) is 0.316. The standard InChI is InChI=1S/C19H19NO6/c21-10-5-4-9-19(18(24)25-13-14-6-2-1-3-7-14)15(8-11-22)26-17-12-16(23)20(17)19/h1-8,11,17,21H,9-10,12-13H2/b5-4+,15-8+/t17-,19?/m1/s1. The van der Waals surface area contributed by atoms with Gasteiger partial charge in [-0.2, -0.15) is 0 Å². The van der Waals surface area contributed by atoms with Crippen LogP contribution >= 0.6 is 0 Å². The van der Waals surface area contributed by atoms with Gasteiger partial charge in [-0.1, -0.05) is 42.5 Å². The smallest absolute Gasteiger partial charge is 0.340 e. The number of carbonyl (C=O) groups excluding carboxylic acids is 3. The summed E-state index contributed by atoms with van der Waals surface area (Å²) in [7, 11) is 0. The van der Waals surface area contributed by atoms with Gasteiger partial charge in [-0.05, 0) is 5.56 Å². The van der Waals surface area contributed by atoms with Crippen LogP contribution in [0, 0.1) is 0 Å². The highest BCUT2D eigenvalue weighted by Crippen LogP contribution is 2.46. The summed E-state index contributed by atoms with van der Waals surface area (Å²) in [5, 5.41) is 8.98. The molecular formula is C19H19NO6. The molecule has 1 unspecified atom stereocenters. The van der Waals surface area contributed by atoms with Crippen LogP contribution in [0.5, 0.6) is 0 Å². The fourth-order valence-electron chi connectivity index (χ4n) is 3.19. The Labute approximate surface area is 150 Å². The van der Waals surface area contributed by atoms with Crippen molar-refractivity contribution < 1.29 is 29.0 Å². The first-order chi connectivity index (χ1) is 12.6. The Balaban J connectivity index is 1.90. The van der Waals surface area contributed by atoms with Gasteiger partial charge in [0.25, 0.3) is 0 Å². The quantitative estimate of drug-likeness (QED) is 0.258. The lowest BCUT2D eigenvalue weighted by Gasteiger charge is -2.40. The highest BCUT2D eigenvalue weighted by molar-refractivity contribution is 5.96. The number of fused-ring (bicyclic) bond motifs is 1. The number of rotatable bonds is 7. The van der Waals surface area contributed by atoms with Gasteiger partial charge in [-0.25, -0.2) is 4.79 Å². The van der Waals surface area contributed by atoms with E-state index < -0.39 is 17.7 Å². The number of ether oxygens (including phenoxy) is 2. The van der Waals surface area contributed by atoms with E-state index in [0.717, 1.165) is 11.6 Å². The average molecular weight is 357 g/mol. The van der Waals surface area contributed by atoms with E-state index >= 15 is 0 Å². The monoisotopic (exact) mass is 357 g/mol. The maximum atomic E-state index is 13.0. The zero-order valence-electron chi connectivity index (χ0n) is 14.0. The van der Waals surface area contributed by atoms with Gasteiger partial charge in [-0.3, -0.25) is 14.5 Å². The summed E-state index contributed by atoms with van der Waals surface area (Å²) < 4.78 is 11.1. The second-order valence-electron chi connectivity index (χ2n) is 5.99. The average Bonchev–Trinajstić information content (AvgIpc) is 2.89. The van der Waals surface area contributed by atoms with Gasteiger partial charge < -0.3 is 14.6 Å². The summed E-state index contributed by atoms with van der Waals surface area (Å²) in [6, 6.07) is 9.14. The van der Waals surface area contributed by atoms with Gasteiger partial charge in [0.2, 0.25) is 11.4 Å². The largest absolute Gasteiger partial charge is 0.471 e. The van der Waals surface area contributed by atoms with Gasteiger partial charge in [-0.15, -0.1) is 0 Å². The van der Waals surface area contributed by atoms with E-state index in [0.29, 0.717) is 6.29 Å². The minimum absolute atomic E-state index is 0.0339. The molecule has 1 amide bonds. The van der Waals surface area contributed by atoms with E-state index in [2.05, 4.69) is 0 Å². The summed E-state index contributed by atoms with van der Waals surface area (Å²) in [6.45, 7) is -0.174. The number of aliphatic hydroxyl groups excluding tert-OH is 1. The van der Waals surface area contributed by atoms with Crippen molar-refractivity contribution in [2.45, 2.75) is 31.2 Å². The van der Waals surface area contributed by atoms with Crippen molar-refractivity contribution in [2.24, 2.45) is 0 Å². The van der Waals surface area contributed by atoms with E-state index in [9.17, 15) is 14.4 Å². The first-order valence-corrected chi connectivity index (χ1v) is 8.25. The third-order valence-electron chi connectivity index (χ3n) is 4.44. The van der Waals surface area contributed by atoms with Crippen LogP contribution in [0.2, 0.25) is 0 Å². The predicted octanol–water partition coefficient (Wildman–Crippen LogP) is 1.08. The van der Waals surface area contributed by atoms with E-state index in [1.165, 1.54) is 11.0 Å². The van der Waals surface area contributed by atoms with Crippen molar-refractivity contribution in [3.8, 4) is 0 Å². The molecule has 0 spiro atoms. The lowest BCUT2D eigenvalue weighted by Crippen LogP contribution is -2.62. The van der Waals surface area contributed by atoms with Crippen LogP contribution < -0.4 is 0 Å². The first kappa shape index (κ1) is 17.9. The number of allylic oxidation sites excluding steroid dienone is 1. The molecule has 7 nitrogen and oxygen atoms in total. The second kappa shape index (κ2) is 7.53. The Morgan fingerprint density at radius 1 is 1.35 bits per heavy atom. The highest BCUT2D eigenvalue weighted by atomic mass is 16.6. The molecule has 2 saturated heterocycles.